The molecule has 0 aliphatic rings. The van der Waals surface area contributed by atoms with E-state index in [1.165, 1.54) is 50.6 Å². The number of aromatic nitrogens is 2. The van der Waals surface area contributed by atoms with Gasteiger partial charge in [-0.15, -0.1) is 0 Å². The summed E-state index contributed by atoms with van der Waals surface area (Å²) >= 11 is 5.16. The summed E-state index contributed by atoms with van der Waals surface area (Å²) in [5.74, 6) is -4.33. The number of methoxy groups -OCH3 is 2. The van der Waals surface area contributed by atoms with Crippen LogP contribution in [0.5, 0.6) is 0 Å². The maximum Gasteiger partial charge on any atom is 0.489 e. The highest BCUT2D eigenvalue weighted by atomic mass is 35.5. The van der Waals surface area contributed by atoms with E-state index in [0.29, 0.717) is 12.6 Å². The molecule has 0 spiro atoms. The van der Waals surface area contributed by atoms with Crippen molar-refractivity contribution in [1.82, 2.24) is 9.97 Å². The van der Waals surface area contributed by atoms with Gasteiger partial charge in [-0.1, -0.05) is 23.7 Å². The number of hydrogen-bond acceptors (Lipinski definition) is 10. The van der Waals surface area contributed by atoms with Crippen LogP contribution in [0.2, 0.25) is 5.02 Å². The molecule has 16 heteroatoms. The summed E-state index contributed by atoms with van der Waals surface area (Å²) in [4.78, 5) is 50.4. The van der Waals surface area contributed by atoms with Crippen molar-refractivity contribution in [2.24, 2.45) is 0 Å². The van der Waals surface area contributed by atoms with Gasteiger partial charge < -0.3 is 19.5 Å². The topological polar surface area (TPSA) is 153 Å². The molecule has 0 atom stereocenters. The maximum atomic E-state index is 13.7. The van der Waals surface area contributed by atoms with E-state index in [2.05, 4.69) is 19.4 Å². The number of carbonyl (C=O) groups is 4. The van der Waals surface area contributed by atoms with E-state index in [-0.39, 0.29) is 43.9 Å². The number of benzene rings is 2. The first-order valence-electron chi connectivity index (χ1n) is 11.9. The Labute approximate surface area is 252 Å². The largest absolute Gasteiger partial charge is 0.489 e. The highest BCUT2D eigenvalue weighted by molar-refractivity contribution is 6.60. The molecule has 0 aliphatic heterocycles. The second kappa shape index (κ2) is 16.6. The van der Waals surface area contributed by atoms with E-state index in [0.717, 1.165) is 24.5 Å². The third-order valence-corrected chi connectivity index (χ3v) is 5.69. The molecule has 0 saturated heterocycles. The minimum atomic E-state index is -1.74. The van der Waals surface area contributed by atoms with Gasteiger partial charge in [-0.05, 0) is 35.3 Å². The fraction of sp³-hybridized carbons (Fsp3) is 0.0714. The Balaban J connectivity index is 0.000000247. The second-order valence-corrected chi connectivity index (χ2v) is 8.55. The fourth-order valence-electron chi connectivity index (χ4n) is 3.32. The van der Waals surface area contributed by atoms with Crippen LogP contribution in [-0.4, -0.2) is 65.9 Å². The first kappa shape index (κ1) is 35.2. The van der Waals surface area contributed by atoms with E-state index in [9.17, 15) is 36.7 Å². The molecule has 2 N–H and O–H groups in total. The van der Waals surface area contributed by atoms with Crippen LogP contribution in [0.15, 0.2) is 60.9 Å². The van der Waals surface area contributed by atoms with Gasteiger partial charge in [0, 0.05) is 28.8 Å². The van der Waals surface area contributed by atoms with Crippen molar-refractivity contribution in [3.63, 3.8) is 0 Å². The molecule has 0 fully saturated rings. The van der Waals surface area contributed by atoms with Gasteiger partial charge in [0.25, 0.3) is 0 Å². The Kier molecular flexibility index (Phi) is 13.3. The van der Waals surface area contributed by atoms with Crippen LogP contribution < -0.4 is 5.46 Å². The average molecular weight is 635 g/mol. The predicted octanol–water partition coefficient (Wildman–Crippen LogP) is 3.60. The molecule has 4 rings (SSSR count). The van der Waals surface area contributed by atoms with Crippen molar-refractivity contribution >= 4 is 48.7 Å². The van der Waals surface area contributed by atoms with Crippen LogP contribution >= 0.6 is 11.6 Å². The number of halogens is 5. The zero-order chi connectivity index (χ0) is 33.0. The Morgan fingerprint density at radius 1 is 0.750 bits per heavy atom. The molecule has 228 valence electrons. The summed E-state index contributed by atoms with van der Waals surface area (Å²) in [6.45, 7) is 0. The summed E-state index contributed by atoms with van der Waals surface area (Å²) < 4.78 is 59.9. The molecule has 44 heavy (non-hydrogen) atoms. The molecule has 0 bridgehead atoms. The van der Waals surface area contributed by atoms with Gasteiger partial charge >= 0.3 is 19.1 Å². The van der Waals surface area contributed by atoms with Gasteiger partial charge in [0.15, 0.2) is 12.1 Å². The molecular formula is C28H20BClF4N2O8. The van der Waals surface area contributed by atoms with Gasteiger partial charge in [-0.3, -0.25) is 9.59 Å². The molecular weight excluding hydrogens is 615 g/mol. The lowest BCUT2D eigenvalue weighted by atomic mass is 9.77. The van der Waals surface area contributed by atoms with E-state index < -0.39 is 42.6 Å². The van der Waals surface area contributed by atoms with Gasteiger partial charge in [-0.25, -0.2) is 28.3 Å². The monoisotopic (exact) mass is 634 g/mol. The summed E-state index contributed by atoms with van der Waals surface area (Å²) in [5.41, 5.74) is 0.558. The van der Waals surface area contributed by atoms with Crippen molar-refractivity contribution in [1.29, 1.82) is 0 Å². The predicted molar refractivity (Wildman–Crippen MR) is 148 cm³/mol. The Morgan fingerprint density at radius 2 is 1.25 bits per heavy atom. The Hall–Kier alpha value is -4.99. The van der Waals surface area contributed by atoms with Crippen LogP contribution in [0.25, 0.3) is 11.1 Å². The minimum Gasteiger partial charge on any atom is -0.465 e. The number of hydrogen-bond donors (Lipinski definition) is 2. The average Bonchev–Trinajstić information content (AvgIpc) is 3.03. The number of ether oxygens (including phenoxy) is 2. The molecule has 0 saturated carbocycles. The van der Waals surface area contributed by atoms with Crippen LogP contribution in [0.4, 0.5) is 17.6 Å². The van der Waals surface area contributed by atoms with Gasteiger partial charge in [0.2, 0.25) is 11.9 Å². The van der Waals surface area contributed by atoms with Crippen LogP contribution in [0, 0.1) is 23.5 Å². The smallest absolute Gasteiger partial charge is 0.465 e. The van der Waals surface area contributed by atoms with Crippen molar-refractivity contribution in [3.8, 4) is 11.1 Å². The number of pyridine rings is 2. The lowest BCUT2D eigenvalue weighted by molar-refractivity contribution is 0.0591. The standard InChI is InChI=1S/C14H9F2NO3.C9H9BO5.C5H2ClF2N/c1-20-14(19)8-2-3-10(9(4-8)7-18)11-5-13(16)17-6-12(11)15;1-15-9(12)6-2-3-8(10(13)14)7(4-6)5-11;6-3-1-5(8)9-2-4(3)7/h2-7H,1H3;2-5,13-14H,1H3;1-2H. The maximum absolute atomic E-state index is 13.7. The zero-order valence-corrected chi connectivity index (χ0v) is 23.4. The molecule has 2 aromatic carbocycles. The molecule has 10 nitrogen and oxygen atoms in total. The molecule has 0 unspecified atom stereocenters. The van der Waals surface area contributed by atoms with Crippen molar-refractivity contribution < 1.29 is 56.3 Å². The number of carbonyl (C=O) groups excluding carboxylic acids is 4. The normalized spacial score (nSPS) is 9.84. The molecule has 0 radical (unpaired) electrons. The highest BCUT2D eigenvalue weighted by Gasteiger charge is 2.18. The van der Waals surface area contributed by atoms with Gasteiger partial charge in [0.05, 0.1) is 42.8 Å². The molecule has 0 amide bonds. The Morgan fingerprint density at radius 3 is 1.73 bits per heavy atom. The van der Waals surface area contributed by atoms with Crippen LogP contribution in [0.1, 0.15) is 41.4 Å². The van der Waals surface area contributed by atoms with E-state index in [1.807, 2.05) is 0 Å². The lowest BCUT2D eigenvalue weighted by Crippen LogP contribution is -2.33. The first-order chi connectivity index (χ1) is 20.9. The van der Waals surface area contributed by atoms with Gasteiger partial charge in [-0.2, -0.15) is 8.78 Å². The van der Waals surface area contributed by atoms with E-state index in [1.54, 1.807) is 0 Å². The number of nitrogens with zero attached hydrogens (tertiary/aromatic N) is 2. The number of aldehydes is 2. The minimum absolute atomic E-state index is 0.0490. The fourth-order valence-corrected chi connectivity index (χ4v) is 3.46. The highest BCUT2D eigenvalue weighted by Crippen LogP contribution is 2.26. The third-order valence-electron chi connectivity index (χ3n) is 5.40. The third kappa shape index (κ3) is 9.52. The summed E-state index contributed by atoms with van der Waals surface area (Å²) in [6, 6.07) is 9.57. The van der Waals surface area contributed by atoms with Crippen molar-refractivity contribution in [2.45, 2.75) is 0 Å². The Bertz CT molecular complexity index is 1680. The summed E-state index contributed by atoms with van der Waals surface area (Å²) in [7, 11) is 0.684. The van der Waals surface area contributed by atoms with Crippen molar-refractivity contribution in [3.05, 3.63) is 112 Å². The van der Waals surface area contributed by atoms with E-state index in [4.69, 9.17) is 21.6 Å². The molecule has 2 aromatic heterocycles. The van der Waals surface area contributed by atoms with Crippen LogP contribution in [-0.2, 0) is 9.47 Å². The first-order valence-corrected chi connectivity index (χ1v) is 12.2. The molecule has 2 heterocycles. The molecule has 4 aromatic rings. The summed E-state index contributed by atoms with van der Waals surface area (Å²) in [5, 5.41) is 17.6. The second-order valence-electron chi connectivity index (χ2n) is 8.15. The quantitative estimate of drug-likeness (QED) is 0.106. The number of rotatable bonds is 6. The van der Waals surface area contributed by atoms with Crippen LogP contribution in [0.3, 0.4) is 0 Å². The van der Waals surface area contributed by atoms with Gasteiger partial charge in [0.1, 0.15) is 12.1 Å². The summed E-state index contributed by atoms with van der Waals surface area (Å²) in [6.07, 6.45) is 2.37. The SMILES string of the molecule is COC(=O)c1ccc(-c2cc(F)ncc2F)c(C=O)c1.COC(=O)c1ccc(B(O)O)c(C=O)c1.Fc1cc(Cl)c(F)cn1. The van der Waals surface area contributed by atoms with Crippen molar-refractivity contribution in [2.75, 3.05) is 14.2 Å². The number of esters is 2. The van der Waals surface area contributed by atoms with E-state index >= 15 is 0 Å². The molecule has 0 aliphatic carbocycles. The lowest BCUT2D eigenvalue weighted by Gasteiger charge is -2.08. The zero-order valence-electron chi connectivity index (χ0n) is 22.6.